The van der Waals surface area contributed by atoms with Crippen molar-refractivity contribution in [3.8, 4) is 0 Å². The highest BCUT2D eigenvalue weighted by molar-refractivity contribution is 6.16. The highest BCUT2D eigenvalue weighted by Gasteiger charge is 2.69. The fraction of sp³-hybridized carbons (Fsp3) is 0.750. The Balaban J connectivity index is 3.23. The Bertz CT molecular complexity index is 264. The van der Waals surface area contributed by atoms with Crippen molar-refractivity contribution in [2.75, 3.05) is 0 Å². The van der Waals surface area contributed by atoms with Gasteiger partial charge >= 0.3 is 0 Å². The van der Waals surface area contributed by atoms with Crippen molar-refractivity contribution < 1.29 is 30.0 Å². The van der Waals surface area contributed by atoms with Gasteiger partial charge in [0.15, 0.2) is 0 Å². The molecule has 0 aromatic carbocycles. The molecule has 0 aromatic heterocycles. The zero-order chi connectivity index (χ0) is 11.3. The number of carbonyl (C=O) groups excluding carboxylic acids is 2. The van der Waals surface area contributed by atoms with Crippen molar-refractivity contribution in [2.24, 2.45) is 11.8 Å². The first kappa shape index (κ1) is 11.3. The van der Waals surface area contributed by atoms with Crippen molar-refractivity contribution >= 4 is 11.6 Å². The smallest absolute Gasteiger partial charge is 0.288 e. The fourth-order valence-electron chi connectivity index (χ4n) is 1.50. The number of ketones is 2. The van der Waals surface area contributed by atoms with Crippen LogP contribution in [-0.2, 0) is 9.59 Å². The molecule has 0 radical (unpaired) electrons. The highest BCUT2D eigenvalue weighted by Crippen LogP contribution is 2.37. The molecule has 1 aliphatic carbocycles. The second-order valence-corrected chi connectivity index (χ2v) is 3.79. The topological polar surface area (TPSA) is 115 Å². The molecule has 0 bridgehead atoms. The average molecular weight is 204 g/mol. The van der Waals surface area contributed by atoms with Gasteiger partial charge in [0.25, 0.3) is 11.6 Å². The van der Waals surface area contributed by atoms with E-state index in [0.717, 1.165) is 0 Å². The third-order valence-corrected chi connectivity index (χ3v) is 2.40. The molecule has 0 saturated heterocycles. The van der Waals surface area contributed by atoms with Crippen molar-refractivity contribution in [1.29, 1.82) is 0 Å². The zero-order valence-corrected chi connectivity index (χ0v) is 7.76. The summed E-state index contributed by atoms with van der Waals surface area (Å²) < 4.78 is 0. The van der Waals surface area contributed by atoms with Crippen LogP contribution in [0.2, 0.25) is 0 Å². The van der Waals surface area contributed by atoms with Crippen LogP contribution in [0.5, 0.6) is 0 Å². The molecule has 1 fully saturated rings. The molecular weight excluding hydrogens is 192 g/mol. The lowest BCUT2D eigenvalue weighted by atomic mass is 9.92. The number of hydrogen-bond donors (Lipinski definition) is 4. The van der Waals surface area contributed by atoms with Crippen LogP contribution in [0, 0.1) is 11.8 Å². The molecule has 6 heteroatoms. The quantitative estimate of drug-likeness (QED) is 0.284. The van der Waals surface area contributed by atoms with Crippen molar-refractivity contribution in [3.63, 3.8) is 0 Å². The maximum absolute atomic E-state index is 11.3. The van der Waals surface area contributed by atoms with E-state index in [0.29, 0.717) is 0 Å². The Morgan fingerprint density at radius 1 is 1.00 bits per heavy atom. The zero-order valence-electron chi connectivity index (χ0n) is 7.76. The molecule has 80 valence electrons. The SMILES string of the molecule is CC(C)C1C(=O)C(O)(O)C(O)(O)C1=O. The van der Waals surface area contributed by atoms with E-state index in [1.54, 1.807) is 0 Å². The summed E-state index contributed by atoms with van der Waals surface area (Å²) in [4.78, 5) is 22.5. The number of carbonyl (C=O) groups is 2. The standard InChI is InChI=1S/C8H12O6/c1-3(2)4-5(9)7(11,12)8(13,14)6(4)10/h3-4,11-14H,1-2H3. The number of Topliss-reactive ketones (excluding diaryl/α,β-unsaturated/α-hetero) is 2. The Morgan fingerprint density at radius 3 is 1.43 bits per heavy atom. The minimum Gasteiger partial charge on any atom is -0.355 e. The molecule has 1 rings (SSSR count). The first-order valence-electron chi connectivity index (χ1n) is 4.12. The van der Waals surface area contributed by atoms with Crippen molar-refractivity contribution in [1.82, 2.24) is 0 Å². The van der Waals surface area contributed by atoms with Gasteiger partial charge in [0.2, 0.25) is 11.6 Å². The maximum atomic E-state index is 11.3. The van der Waals surface area contributed by atoms with E-state index in [1.807, 2.05) is 0 Å². The normalized spacial score (nSPS) is 26.2. The van der Waals surface area contributed by atoms with Crippen molar-refractivity contribution in [3.05, 3.63) is 0 Å². The van der Waals surface area contributed by atoms with Crippen LogP contribution in [0.1, 0.15) is 13.8 Å². The Morgan fingerprint density at radius 2 is 1.29 bits per heavy atom. The monoisotopic (exact) mass is 204 g/mol. The first-order valence-corrected chi connectivity index (χ1v) is 4.12. The van der Waals surface area contributed by atoms with E-state index in [2.05, 4.69) is 0 Å². The predicted molar refractivity (Wildman–Crippen MR) is 42.7 cm³/mol. The lowest BCUT2D eigenvalue weighted by Gasteiger charge is -2.23. The molecule has 6 nitrogen and oxygen atoms in total. The summed E-state index contributed by atoms with van der Waals surface area (Å²) in [7, 11) is 0. The lowest BCUT2D eigenvalue weighted by Crippen LogP contribution is -2.56. The molecule has 0 amide bonds. The van der Waals surface area contributed by atoms with Crippen molar-refractivity contribution in [2.45, 2.75) is 25.4 Å². The van der Waals surface area contributed by atoms with Crippen LogP contribution in [0.15, 0.2) is 0 Å². The molecule has 1 aliphatic rings. The molecule has 1 saturated carbocycles. The second-order valence-electron chi connectivity index (χ2n) is 3.79. The molecule has 14 heavy (non-hydrogen) atoms. The van der Waals surface area contributed by atoms with Gasteiger partial charge in [0.1, 0.15) is 0 Å². The van der Waals surface area contributed by atoms with Gasteiger partial charge in [-0.25, -0.2) is 0 Å². The van der Waals surface area contributed by atoms with Crippen LogP contribution in [-0.4, -0.2) is 43.6 Å². The van der Waals surface area contributed by atoms with E-state index in [4.69, 9.17) is 20.4 Å². The summed E-state index contributed by atoms with van der Waals surface area (Å²) in [5, 5.41) is 36.3. The summed E-state index contributed by atoms with van der Waals surface area (Å²) in [5.74, 6) is -11.3. The molecule has 0 atom stereocenters. The molecule has 0 unspecified atom stereocenters. The van der Waals surface area contributed by atoms with E-state index >= 15 is 0 Å². The second kappa shape index (κ2) is 2.83. The maximum Gasteiger partial charge on any atom is 0.288 e. The van der Waals surface area contributed by atoms with E-state index in [9.17, 15) is 9.59 Å². The summed E-state index contributed by atoms with van der Waals surface area (Å²) in [6.07, 6.45) is 0. The van der Waals surface area contributed by atoms with Gasteiger partial charge in [0, 0.05) is 0 Å². The minimum atomic E-state index is -3.40. The van der Waals surface area contributed by atoms with E-state index in [1.165, 1.54) is 13.8 Å². The Hall–Kier alpha value is -0.820. The summed E-state index contributed by atoms with van der Waals surface area (Å²) in [6, 6.07) is 0. The van der Waals surface area contributed by atoms with Gasteiger partial charge in [-0.3, -0.25) is 9.59 Å². The minimum absolute atomic E-state index is 0.519. The Labute approximate surface area is 79.8 Å². The summed E-state index contributed by atoms with van der Waals surface area (Å²) >= 11 is 0. The van der Waals surface area contributed by atoms with Gasteiger partial charge in [-0.05, 0) is 5.92 Å². The van der Waals surface area contributed by atoms with Crippen LogP contribution in [0.25, 0.3) is 0 Å². The fourth-order valence-corrected chi connectivity index (χ4v) is 1.50. The van der Waals surface area contributed by atoms with Gasteiger partial charge in [-0.1, -0.05) is 13.8 Å². The molecule has 0 spiro atoms. The molecular formula is C8H12O6. The predicted octanol–water partition coefficient (Wildman–Crippen LogP) is -2.23. The highest BCUT2D eigenvalue weighted by atomic mass is 16.6. The van der Waals surface area contributed by atoms with Crippen LogP contribution in [0.4, 0.5) is 0 Å². The van der Waals surface area contributed by atoms with Gasteiger partial charge in [-0.2, -0.15) is 0 Å². The molecule has 0 aliphatic heterocycles. The summed E-state index contributed by atoms with van der Waals surface area (Å²) in [6.45, 7) is 3.00. The third kappa shape index (κ3) is 1.12. The number of aliphatic hydroxyl groups is 4. The molecule has 4 N–H and O–H groups in total. The van der Waals surface area contributed by atoms with Gasteiger partial charge < -0.3 is 20.4 Å². The van der Waals surface area contributed by atoms with Gasteiger partial charge in [-0.15, -0.1) is 0 Å². The number of rotatable bonds is 1. The van der Waals surface area contributed by atoms with E-state index < -0.39 is 35.0 Å². The summed E-state index contributed by atoms with van der Waals surface area (Å²) in [5.41, 5.74) is 0. The van der Waals surface area contributed by atoms with E-state index in [-0.39, 0.29) is 0 Å². The largest absolute Gasteiger partial charge is 0.355 e. The molecule has 0 heterocycles. The average Bonchev–Trinajstić information content (AvgIpc) is 2.12. The first-order chi connectivity index (χ1) is 6.14. The Kier molecular flexibility index (Phi) is 2.28. The van der Waals surface area contributed by atoms with Crippen LogP contribution in [0.3, 0.4) is 0 Å². The molecule has 0 aromatic rings. The third-order valence-electron chi connectivity index (χ3n) is 2.40. The van der Waals surface area contributed by atoms with Crippen LogP contribution >= 0.6 is 0 Å². The lowest BCUT2D eigenvalue weighted by molar-refractivity contribution is -0.307. The van der Waals surface area contributed by atoms with Crippen LogP contribution < -0.4 is 0 Å². The van der Waals surface area contributed by atoms with Gasteiger partial charge in [0.05, 0.1) is 5.92 Å². The number of hydrogen-bond acceptors (Lipinski definition) is 6.